The summed E-state index contributed by atoms with van der Waals surface area (Å²) in [7, 11) is 0. The fourth-order valence-electron chi connectivity index (χ4n) is 4.50. The lowest BCUT2D eigenvalue weighted by Gasteiger charge is -2.14. The fourth-order valence-corrected chi connectivity index (χ4v) is 5.60. The monoisotopic (exact) mass is 376 g/mol. The summed E-state index contributed by atoms with van der Waals surface area (Å²) in [6, 6.07) is 31.5. The Labute approximate surface area is 166 Å². The van der Waals surface area contributed by atoms with Crippen molar-refractivity contribution in [2.24, 2.45) is 0 Å². The van der Waals surface area contributed by atoms with E-state index in [-0.39, 0.29) is 11.3 Å². The molecule has 0 saturated heterocycles. The summed E-state index contributed by atoms with van der Waals surface area (Å²) in [4.78, 5) is 13.2. The second-order valence-electron chi connectivity index (χ2n) is 7.29. The molecule has 132 valence electrons. The number of hydrogen-bond donors (Lipinski definition) is 0. The third kappa shape index (κ3) is 2.15. The van der Waals surface area contributed by atoms with Gasteiger partial charge in [0.05, 0.1) is 0 Å². The zero-order chi connectivity index (χ0) is 18.7. The van der Waals surface area contributed by atoms with Crippen molar-refractivity contribution < 1.29 is 0 Å². The first-order chi connectivity index (χ1) is 13.8. The molecule has 1 aromatic heterocycles. The molecule has 1 heterocycles. The van der Waals surface area contributed by atoms with Crippen LogP contribution in [-0.2, 0) is 0 Å². The van der Waals surface area contributed by atoms with Crippen LogP contribution in [0.3, 0.4) is 0 Å². The molecule has 6 rings (SSSR count). The van der Waals surface area contributed by atoms with Crippen molar-refractivity contribution in [3.63, 3.8) is 0 Å². The highest BCUT2D eigenvalue weighted by molar-refractivity contribution is 7.24. The van der Waals surface area contributed by atoms with Gasteiger partial charge in [0.1, 0.15) is 0 Å². The van der Waals surface area contributed by atoms with Crippen molar-refractivity contribution in [3.8, 4) is 11.1 Å². The molecule has 28 heavy (non-hydrogen) atoms. The Morgan fingerprint density at radius 1 is 0.607 bits per heavy atom. The van der Waals surface area contributed by atoms with E-state index in [1.165, 1.54) is 27.8 Å². The summed E-state index contributed by atoms with van der Waals surface area (Å²) in [6.45, 7) is 0. The third-order valence-electron chi connectivity index (χ3n) is 5.75. The topological polar surface area (TPSA) is 17.1 Å². The molecule has 0 spiro atoms. The van der Waals surface area contributed by atoms with Gasteiger partial charge in [-0.1, -0.05) is 66.7 Å². The minimum Gasteiger partial charge on any atom is -0.289 e. The molecule has 5 aromatic rings. The highest BCUT2D eigenvalue weighted by Gasteiger charge is 2.30. The maximum atomic E-state index is 13.2. The summed E-state index contributed by atoms with van der Waals surface area (Å²) >= 11 is 1.70. The minimum absolute atomic E-state index is 0.134. The standard InChI is InChI=1S/C26H16OS/c27-26-19-12-6-7-13-23(19)28-24-15-20-17-10-4-5-11-18(17)25(21(20)14-22(24)26)16-8-2-1-3-9-16/h1-15,25H. The van der Waals surface area contributed by atoms with E-state index in [0.29, 0.717) is 0 Å². The minimum atomic E-state index is 0.134. The number of hydrogen-bond acceptors (Lipinski definition) is 2. The molecule has 1 unspecified atom stereocenters. The molecular formula is C26H16OS. The van der Waals surface area contributed by atoms with Gasteiger partial charge in [-0.2, -0.15) is 0 Å². The molecule has 4 aromatic carbocycles. The van der Waals surface area contributed by atoms with Crippen LogP contribution < -0.4 is 5.43 Å². The average molecular weight is 376 g/mol. The van der Waals surface area contributed by atoms with Gasteiger partial charge in [0.15, 0.2) is 5.43 Å². The Morgan fingerprint density at radius 3 is 2.25 bits per heavy atom. The van der Waals surface area contributed by atoms with Crippen molar-refractivity contribution in [3.05, 3.63) is 118 Å². The van der Waals surface area contributed by atoms with E-state index in [9.17, 15) is 4.79 Å². The lowest BCUT2D eigenvalue weighted by atomic mass is 9.89. The van der Waals surface area contributed by atoms with Gasteiger partial charge in [0, 0.05) is 26.1 Å². The molecule has 0 radical (unpaired) electrons. The maximum Gasteiger partial charge on any atom is 0.195 e. The molecular weight excluding hydrogens is 360 g/mol. The van der Waals surface area contributed by atoms with Gasteiger partial charge in [-0.3, -0.25) is 4.79 Å². The van der Waals surface area contributed by atoms with Crippen LogP contribution in [0.5, 0.6) is 0 Å². The van der Waals surface area contributed by atoms with Crippen molar-refractivity contribution in [2.45, 2.75) is 5.92 Å². The Balaban J connectivity index is 1.73. The van der Waals surface area contributed by atoms with E-state index in [2.05, 4.69) is 66.7 Å². The highest BCUT2D eigenvalue weighted by atomic mass is 32.1. The highest BCUT2D eigenvalue weighted by Crippen LogP contribution is 2.49. The SMILES string of the molecule is O=c1c2ccccc2sc2cc3c(cc12)C(c1ccccc1)c1ccccc1-3. The molecule has 0 amide bonds. The molecule has 2 heteroatoms. The van der Waals surface area contributed by atoms with Gasteiger partial charge in [-0.15, -0.1) is 11.3 Å². The van der Waals surface area contributed by atoms with Crippen LogP contribution in [0.2, 0.25) is 0 Å². The van der Waals surface area contributed by atoms with Crippen LogP contribution in [0.1, 0.15) is 22.6 Å². The Kier molecular flexibility index (Phi) is 3.32. The summed E-state index contributed by atoms with van der Waals surface area (Å²) in [5, 5.41) is 1.64. The van der Waals surface area contributed by atoms with Gasteiger partial charge in [0.2, 0.25) is 0 Å². The first kappa shape index (κ1) is 15.8. The van der Waals surface area contributed by atoms with Crippen LogP contribution in [0.25, 0.3) is 31.3 Å². The van der Waals surface area contributed by atoms with Crippen molar-refractivity contribution in [2.75, 3.05) is 0 Å². The number of benzene rings is 4. The lowest BCUT2D eigenvalue weighted by molar-refractivity contribution is 1.02. The Morgan fingerprint density at radius 2 is 1.36 bits per heavy atom. The van der Waals surface area contributed by atoms with E-state index < -0.39 is 0 Å². The average Bonchev–Trinajstić information content (AvgIpc) is 3.07. The zero-order valence-corrected chi connectivity index (χ0v) is 15.9. The summed E-state index contributed by atoms with van der Waals surface area (Å²) in [6.07, 6.45) is 0. The Hall–Kier alpha value is -3.23. The van der Waals surface area contributed by atoms with Gasteiger partial charge >= 0.3 is 0 Å². The molecule has 0 fully saturated rings. The first-order valence-electron chi connectivity index (χ1n) is 9.45. The van der Waals surface area contributed by atoms with Gasteiger partial charge in [0.25, 0.3) is 0 Å². The van der Waals surface area contributed by atoms with Crippen LogP contribution in [0.4, 0.5) is 0 Å². The molecule has 0 N–H and O–H groups in total. The van der Waals surface area contributed by atoms with Crippen molar-refractivity contribution in [1.82, 2.24) is 0 Å². The number of fused-ring (bicyclic) bond motifs is 5. The van der Waals surface area contributed by atoms with Gasteiger partial charge in [-0.25, -0.2) is 0 Å². The van der Waals surface area contributed by atoms with Crippen LogP contribution in [-0.4, -0.2) is 0 Å². The van der Waals surface area contributed by atoms with Crippen molar-refractivity contribution >= 4 is 31.5 Å². The van der Waals surface area contributed by atoms with Gasteiger partial charge < -0.3 is 0 Å². The van der Waals surface area contributed by atoms with E-state index >= 15 is 0 Å². The summed E-state index contributed by atoms with van der Waals surface area (Å²) in [5.74, 6) is 0.174. The summed E-state index contributed by atoms with van der Waals surface area (Å²) in [5.41, 5.74) is 6.49. The van der Waals surface area contributed by atoms with Crippen LogP contribution in [0, 0.1) is 0 Å². The van der Waals surface area contributed by atoms with Gasteiger partial charge in [-0.05, 0) is 52.1 Å². The molecule has 0 bridgehead atoms. The van der Waals surface area contributed by atoms with E-state index in [1.807, 2.05) is 24.3 Å². The molecule has 1 aliphatic carbocycles. The summed E-state index contributed by atoms with van der Waals surface area (Å²) < 4.78 is 2.11. The van der Waals surface area contributed by atoms with E-state index in [0.717, 1.165) is 20.2 Å². The van der Waals surface area contributed by atoms with E-state index in [4.69, 9.17) is 0 Å². The molecule has 1 aliphatic rings. The zero-order valence-electron chi connectivity index (χ0n) is 15.1. The fraction of sp³-hybridized carbons (Fsp3) is 0.0385. The normalized spacial score (nSPS) is 14.9. The maximum absolute atomic E-state index is 13.2. The Bertz CT molecular complexity index is 1430. The van der Waals surface area contributed by atoms with E-state index in [1.54, 1.807) is 11.3 Å². The smallest absolute Gasteiger partial charge is 0.195 e. The van der Waals surface area contributed by atoms with Crippen molar-refractivity contribution in [1.29, 1.82) is 0 Å². The first-order valence-corrected chi connectivity index (χ1v) is 10.3. The molecule has 1 atom stereocenters. The second kappa shape index (κ2) is 5.88. The molecule has 1 nitrogen and oxygen atoms in total. The predicted octanol–water partition coefficient (Wildman–Crippen LogP) is 6.58. The predicted molar refractivity (Wildman–Crippen MR) is 118 cm³/mol. The quantitative estimate of drug-likeness (QED) is 0.296. The third-order valence-corrected chi connectivity index (χ3v) is 6.89. The number of rotatable bonds is 1. The van der Waals surface area contributed by atoms with Crippen LogP contribution in [0.15, 0.2) is 95.8 Å². The lowest BCUT2D eigenvalue weighted by Crippen LogP contribution is -2.03. The largest absolute Gasteiger partial charge is 0.289 e. The second-order valence-corrected chi connectivity index (χ2v) is 8.38. The van der Waals surface area contributed by atoms with Crippen LogP contribution >= 0.6 is 11.3 Å². The molecule has 0 aliphatic heterocycles. The molecule has 0 saturated carbocycles.